The SMILES string of the molecule is COc1ccccc1N(CCN1CCN(c2ccncc2)CC1)C(=O)O. The number of carboxylic acid groups (broad SMARTS) is 1. The zero-order chi connectivity index (χ0) is 18.4. The molecule has 0 spiro atoms. The Hall–Kier alpha value is -2.80. The highest BCUT2D eigenvalue weighted by Crippen LogP contribution is 2.27. The molecule has 138 valence electrons. The lowest BCUT2D eigenvalue weighted by Gasteiger charge is -2.36. The topological polar surface area (TPSA) is 69.1 Å². The average molecular weight is 356 g/mol. The van der Waals surface area contributed by atoms with Crippen LogP contribution in [0.15, 0.2) is 48.8 Å². The zero-order valence-electron chi connectivity index (χ0n) is 14.9. The number of rotatable bonds is 6. The Morgan fingerprint density at radius 3 is 2.50 bits per heavy atom. The van der Waals surface area contributed by atoms with Gasteiger partial charge in [0, 0.05) is 57.3 Å². The van der Waals surface area contributed by atoms with E-state index in [1.54, 1.807) is 31.6 Å². The predicted molar refractivity (Wildman–Crippen MR) is 101 cm³/mol. The van der Waals surface area contributed by atoms with Crippen molar-refractivity contribution < 1.29 is 14.6 Å². The first-order chi connectivity index (χ1) is 12.7. The van der Waals surface area contributed by atoms with Crippen LogP contribution < -0.4 is 14.5 Å². The number of aromatic nitrogens is 1. The summed E-state index contributed by atoms with van der Waals surface area (Å²) in [5.74, 6) is 0.567. The van der Waals surface area contributed by atoms with E-state index in [-0.39, 0.29) is 0 Å². The van der Waals surface area contributed by atoms with Crippen molar-refractivity contribution >= 4 is 17.5 Å². The number of amides is 1. The highest BCUT2D eigenvalue weighted by Gasteiger charge is 2.21. The van der Waals surface area contributed by atoms with Crippen molar-refractivity contribution in [3.8, 4) is 5.75 Å². The van der Waals surface area contributed by atoms with Crippen LogP contribution in [0, 0.1) is 0 Å². The number of ether oxygens (including phenoxy) is 1. The first kappa shape index (κ1) is 18.0. The van der Waals surface area contributed by atoms with Gasteiger partial charge in [-0.2, -0.15) is 0 Å². The molecule has 1 aromatic heterocycles. The minimum Gasteiger partial charge on any atom is -0.495 e. The van der Waals surface area contributed by atoms with Crippen LogP contribution in [-0.4, -0.2) is 67.5 Å². The molecule has 7 nitrogen and oxygen atoms in total. The van der Waals surface area contributed by atoms with Gasteiger partial charge >= 0.3 is 6.09 Å². The van der Waals surface area contributed by atoms with Gasteiger partial charge in [0.05, 0.1) is 12.8 Å². The Kier molecular flexibility index (Phi) is 5.91. The second-order valence-corrected chi connectivity index (χ2v) is 6.14. The maximum atomic E-state index is 11.7. The molecule has 0 aliphatic carbocycles. The molecule has 2 aromatic rings. The Labute approximate surface area is 153 Å². The molecule has 26 heavy (non-hydrogen) atoms. The molecule has 0 radical (unpaired) electrons. The van der Waals surface area contributed by atoms with E-state index in [1.165, 1.54) is 10.6 Å². The number of carbonyl (C=O) groups is 1. The van der Waals surface area contributed by atoms with Gasteiger partial charge in [-0.25, -0.2) is 4.79 Å². The van der Waals surface area contributed by atoms with E-state index < -0.39 is 6.09 Å². The lowest BCUT2D eigenvalue weighted by atomic mass is 10.2. The molecule has 1 aliphatic rings. The van der Waals surface area contributed by atoms with Crippen LogP contribution in [0.25, 0.3) is 0 Å². The Morgan fingerprint density at radius 2 is 1.85 bits per heavy atom. The van der Waals surface area contributed by atoms with Gasteiger partial charge in [0.2, 0.25) is 0 Å². The molecule has 1 N–H and O–H groups in total. The summed E-state index contributed by atoms with van der Waals surface area (Å²) in [7, 11) is 1.55. The van der Waals surface area contributed by atoms with E-state index >= 15 is 0 Å². The number of nitrogens with zero attached hydrogens (tertiary/aromatic N) is 4. The number of methoxy groups -OCH3 is 1. The number of pyridine rings is 1. The quantitative estimate of drug-likeness (QED) is 0.857. The van der Waals surface area contributed by atoms with Gasteiger partial charge in [0.15, 0.2) is 0 Å². The third-order valence-corrected chi connectivity index (χ3v) is 4.65. The van der Waals surface area contributed by atoms with Crippen LogP contribution in [0.1, 0.15) is 0 Å². The first-order valence-corrected chi connectivity index (χ1v) is 8.70. The van der Waals surface area contributed by atoms with Gasteiger partial charge in [-0.05, 0) is 24.3 Å². The van der Waals surface area contributed by atoms with Crippen molar-refractivity contribution in [2.75, 3.05) is 56.2 Å². The van der Waals surface area contributed by atoms with E-state index in [9.17, 15) is 9.90 Å². The third-order valence-electron chi connectivity index (χ3n) is 4.65. The van der Waals surface area contributed by atoms with Crippen molar-refractivity contribution in [3.05, 3.63) is 48.8 Å². The zero-order valence-corrected chi connectivity index (χ0v) is 14.9. The molecule has 2 heterocycles. The molecule has 1 amide bonds. The van der Waals surface area contributed by atoms with Crippen molar-refractivity contribution in [2.24, 2.45) is 0 Å². The van der Waals surface area contributed by atoms with Crippen LogP contribution in [0.2, 0.25) is 0 Å². The molecular weight excluding hydrogens is 332 g/mol. The van der Waals surface area contributed by atoms with Gasteiger partial charge in [-0.15, -0.1) is 0 Å². The van der Waals surface area contributed by atoms with E-state index in [0.29, 0.717) is 24.5 Å². The molecule has 1 aliphatic heterocycles. The number of anilines is 2. The van der Waals surface area contributed by atoms with E-state index in [1.807, 2.05) is 24.3 Å². The summed E-state index contributed by atoms with van der Waals surface area (Å²) in [6.07, 6.45) is 2.64. The van der Waals surface area contributed by atoms with Crippen LogP contribution >= 0.6 is 0 Å². The molecule has 0 bridgehead atoms. The molecular formula is C19H24N4O3. The van der Waals surface area contributed by atoms with E-state index in [2.05, 4.69) is 14.8 Å². The summed E-state index contributed by atoms with van der Waals surface area (Å²) in [5, 5.41) is 9.60. The maximum Gasteiger partial charge on any atom is 0.411 e. The Morgan fingerprint density at radius 1 is 1.15 bits per heavy atom. The van der Waals surface area contributed by atoms with E-state index in [0.717, 1.165) is 26.2 Å². The molecule has 0 atom stereocenters. The van der Waals surface area contributed by atoms with Crippen molar-refractivity contribution in [2.45, 2.75) is 0 Å². The number of benzene rings is 1. The Bertz CT molecular complexity index is 718. The van der Waals surface area contributed by atoms with Gasteiger partial charge < -0.3 is 14.7 Å². The van der Waals surface area contributed by atoms with Crippen LogP contribution in [0.5, 0.6) is 5.75 Å². The first-order valence-electron chi connectivity index (χ1n) is 8.70. The largest absolute Gasteiger partial charge is 0.495 e. The fourth-order valence-electron chi connectivity index (χ4n) is 3.20. The highest BCUT2D eigenvalue weighted by molar-refractivity contribution is 5.88. The minimum absolute atomic E-state index is 0.408. The second kappa shape index (κ2) is 8.53. The van der Waals surface area contributed by atoms with Crippen LogP contribution in [-0.2, 0) is 0 Å². The number of para-hydroxylation sites is 2. The number of piperazine rings is 1. The fourth-order valence-corrected chi connectivity index (χ4v) is 3.20. The summed E-state index contributed by atoms with van der Waals surface area (Å²) in [4.78, 5) is 21.7. The average Bonchev–Trinajstić information content (AvgIpc) is 2.69. The van der Waals surface area contributed by atoms with Crippen LogP contribution in [0.3, 0.4) is 0 Å². The highest BCUT2D eigenvalue weighted by atomic mass is 16.5. The minimum atomic E-state index is -0.968. The van der Waals surface area contributed by atoms with Crippen molar-refractivity contribution in [3.63, 3.8) is 0 Å². The summed E-state index contributed by atoms with van der Waals surface area (Å²) < 4.78 is 5.30. The lowest BCUT2D eigenvalue weighted by molar-refractivity contribution is 0.198. The number of hydrogen-bond donors (Lipinski definition) is 1. The molecule has 1 saturated heterocycles. The van der Waals surface area contributed by atoms with Gasteiger partial charge in [-0.3, -0.25) is 14.8 Å². The predicted octanol–water partition coefficient (Wildman–Crippen LogP) is 2.40. The van der Waals surface area contributed by atoms with Crippen molar-refractivity contribution in [1.82, 2.24) is 9.88 Å². The second-order valence-electron chi connectivity index (χ2n) is 6.14. The Balaban J connectivity index is 1.57. The summed E-state index contributed by atoms with van der Waals surface area (Å²) in [5.41, 5.74) is 1.76. The molecule has 3 rings (SSSR count). The maximum absolute atomic E-state index is 11.7. The monoisotopic (exact) mass is 356 g/mol. The molecule has 0 saturated carbocycles. The summed E-state index contributed by atoms with van der Waals surface area (Å²) in [6.45, 7) is 4.75. The fraction of sp³-hybridized carbons (Fsp3) is 0.368. The van der Waals surface area contributed by atoms with Gasteiger partial charge in [0.1, 0.15) is 5.75 Å². The molecule has 1 fully saturated rings. The van der Waals surface area contributed by atoms with Gasteiger partial charge in [-0.1, -0.05) is 12.1 Å². The molecule has 0 unspecified atom stereocenters. The van der Waals surface area contributed by atoms with Crippen LogP contribution in [0.4, 0.5) is 16.2 Å². The molecule has 1 aromatic carbocycles. The smallest absolute Gasteiger partial charge is 0.411 e. The normalized spacial score (nSPS) is 14.9. The van der Waals surface area contributed by atoms with Gasteiger partial charge in [0.25, 0.3) is 0 Å². The number of hydrogen-bond acceptors (Lipinski definition) is 5. The van der Waals surface area contributed by atoms with E-state index in [4.69, 9.17) is 4.74 Å². The lowest BCUT2D eigenvalue weighted by Crippen LogP contribution is -2.49. The molecule has 7 heteroatoms. The standard InChI is InChI=1S/C19H24N4O3/c1-26-18-5-3-2-4-17(18)23(19(24)25)15-12-21-10-13-22(14-11-21)16-6-8-20-9-7-16/h2-9H,10-15H2,1H3,(H,24,25). The van der Waals surface area contributed by atoms with Crippen molar-refractivity contribution in [1.29, 1.82) is 0 Å². The summed E-state index contributed by atoms with van der Waals surface area (Å²) >= 11 is 0. The third kappa shape index (κ3) is 4.23. The summed E-state index contributed by atoms with van der Waals surface area (Å²) in [6, 6.07) is 11.2.